The average molecular weight is 293 g/mol. The van der Waals surface area contributed by atoms with Crippen molar-refractivity contribution in [2.24, 2.45) is 0 Å². The van der Waals surface area contributed by atoms with Gasteiger partial charge in [0.2, 0.25) is 0 Å². The van der Waals surface area contributed by atoms with Gasteiger partial charge in [-0.25, -0.2) is 0 Å². The number of halogens is 1. The first-order valence-corrected chi connectivity index (χ1v) is 7.07. The molecule has 0 aromatic heterocycles. The van der Waals surface area contributed by atoms with E-state index in [9.17, 15) is 4.79 Å². The van der Waals surface area contributed by atoms with Crippen LogP contribution in [0.5, 0.6) is 0 Å². The van der Waals surface area contributed by atoms with E-state index in [1.54, 1.807) is 30.3 Å². The summed E-state index contributed by atoms with van der Waals surface area (Å²) in [6.07, 6.45) is 3.46. The van der Waals surface area contributed by atoms with Crippen LogP contribution in [0.3, 0.4) is 0 Å². The molecule has 0 unspecified atom stereocenters. The summed E-state index contributed by atoms with van der Waals surface area (Å²) in [5.41, 5.74) is 1.67. The van der Waals surface area contributed by atoms with Crippen LogP contribution in [-0.2, 0) is 0 Å². The first-order chi connectivity index (χ1) is 10.2. The smallest absolute Gasteiger partial charge is 0.185 e. The minimum atomic E-state index is -0.0281. The van der Waals surface area contributed by atoms with Gasteiger partial charge < -0.3 is 0 Å². The van der Waals surface area contributed by atoms with Crippen LogP contribution in [0.1, 0.15) is 15.9 Å². The molecule has 0 amide bonds. The molecule has 0 aliphatic heterocycles. The van der Waals surface area contributed by atoms with Crippen LogP contribution in [0.15, 0.2) is 72.8 Å². The van der Waals surface area contributed by atoms with E-state index in [1.807, 2.05) is 30.3 Å². The fraction of sp³-hybridized carbons (Fsp3) is 0. The Labute approximate surface area is 128 Å². The van der Waals surface area contributed by atoms with E-state index in [0.29, 0.717) is 10.6 Å². The minimum absolute atomic E-state index is 0.0281. The molecule has 0 fully saturated rings. The predicted octanol–water partition coefficient (Wildman–Crippen LogP) is 5.39. The van der Waals surface area contributed by atoms with Gasteiger partial charge in [0.05, 0.1) is 0 Å². The topological polar surface area (TPSA) is 17.1 Å². The number of rotatable bonds is 3. The Kier molecular flexibility index (Phi) is 3.85. The third kappa shape index (κ3) is 3.04. The summed E-state index contributed by atoms with van der Waals surface area (Å²) < 4.78 is 0. The molecule has 0 N–H and O–H groups in total. The van der Waals surface area contributed by atoms with Crippen LogP contribution in [0.25, 0.3) is 16.8 Å². The lowest BCUT2D eigenvalue weighted by molar-refractivity contribution is 0.104. The molecule has 0 atom stereocenters. The molecule has 102 valence electrons. The van der Waals surface area contributed by atoms with Gasteiger partial charge in [-0.05, 0) is 46.7 Å². The Morgan fingerprint density at radius 1 is 0.857 bits per heavy atom. The fourth-order valence-corrected chi connectivity index (χ4v) is 2.40. The summed E-state index contributed by atoms with van der Waals surface area (Å²) in [5.74, 6) is -0.0281. The lowest BCUT2D eigenvalue weighted by Crippen LogP contribution is -1.93. The van der Waals surface area contributed by atoms with E-state index >= 15 is 0 Å². The lowest BCUT2D eigenvalue weighted by Gasteiger charge is -2.01. The van der Waals surface area contributed by atoms with Crippen LogP contribution in [0, 0.1) is 0 Å². The molecule has 0 saturated carbocycles. The average Bonchev–Trinajstić information content (AvgIpc) is 2.53. The molecule has 3 rings (SSSR count). The van der Waals surface area contributed by atoms with E-state index in [1.165, 1.54) is 5.39 Å². The lowest BCUT2D eigenvalue weighted by atomic mass is 10.0. The van der Waals surface area contributed by atoms with Crippen molar-refractivity contribution in [1.82, 2.24) is 0 Å². The second-order valence-corrected chi connectivity index (χ2v) is 5.21. The Balaban J connectivity index is 1.91. The van der Waals surface area contributed by atoms with Crippen LogP contribution in [0.2, 0.25) is 5.02 Å². The van der Waals surface area contributed by atoms with Gasteiger partial charge in [-0.1, -0.05) is 60.1 Å². The third-order valence-corrected chi connectivity index (χ3v) is 3.62. The Morgan fingerprint density at radius 3 is 2.38 bits per heavy atom. The highest BCUT2D eigenvalue weighted by atomic mass is 35.5. The predicted molar refractivity (Wildman–Crippen MR) is 88.8 cm³/mol. The van der Waals surface area contributed by atoms with E-state index in [2.05, 4.69) is 18.2 Å². The number of carbonyl (C=O) groups excluding carboxylic acids is 1. The molecule has 0 radical (unpaired) electrons. The number of allylic oxidation sites excluding steroid dienone is 1. The number of hydrogen-bond acceptors (Lipinski definition) is 1. The first-order valence-electron chi connectivity index (χ1n) is 6.70. The summed E-state index contributed by atoms with van der Waals surface area (Å²) in [7, 11) is 0. The number of ketones is 1. The van der Waals surface area contributed by atoms with Crippen molar-refractivity contribution >= 4 is 34.2 Å². The molecule has 21 heavy (non-hydrogen) atoms. The third-order valence-electron chi connectivity index (χ3n) is 3.37. The molecular formula is C19H13ClO. The number of carbonyl (C=O) groups is 1. The molecule has 3 aromatic rings. The zero-order valence-electron chi connectivity index (χ0n) is 11.3. The fourth-order valence-electron chi connectivity index (χ4n) is 2.27. The second kappa shape index (κ2) is 5.94. The van der Waals surface area contributed by atoms with Gasteiger partial charge in [0.1, 0.15) is 0 Å². The van der Waals surface area contributed by atoms with Gasteiger partial charge >= 0.3 is 0 Å². The van der Waals surface area contributed by atoms with Gasteiger partial charge in [0.25, 0.3) is 0 Å². The largest absolute Gasteiger partial charge is 0.289 e. The van der Waals surface area contributed by atoms with Crippen molar-refractivity contribution in [3.05, 3.63) is 89.0 Å². The minimum Gasteiger partial charge on any atom is -0.289 e. The van der Waals surface area contributed by atoms with Crippen molar-refractivity contribution in [3.63, 3.8) is 0 Å². The maximum Gasteiger partial charge on any atom is 0.185 e. The molecule has 0 heterocycles. The molecule has 2 heteroatoms. The van der Waals surface area contributed by atoms with Crippen LogP contribution in [0.4, 0.5) is 0 Å². The van der Waals surface area contributed by atoms with E-state index in [4.69, 9.17) is 11.6 Å². The van der Waals surface area contributed by atoms with Gasteiger partial charge in [-0.3, -0.25) is 4.79 Å². The van der Waals surface area contributed by atoms with Crippen LogP contribution < -0.4 is 0 Å². The van der Waals surface area contributed by atoms with Gasteiger partial charge in [-0.15, -0.1) is 0 Å². The monoisotopic (exact) mass is 292 g/mol. The zero-order valence-corrected chi connectivity index (χ0v) is 12.0. The quantitative estimate of drug-likeness (QED) is 0.467. The van der Waals surface area contributed by atoms with Crippen LogP contribution >= 0.6 is 11.6 Å². The summed E-state index contributed by atoms with van der Waals surface area (Å²) in [5, 5.41) is 2.93. The number of fused-ring (bicyclic) bond motifs is 1. The molecule has 1 nitrogen and oxygen atoms in total. The zero-order chi connectivity index (χ0) is 14.7. The molecular weight excluding hydrogens is 280 g/mol. The highest BCUT2D eigenvalue weighted by molar-refractivity contribution is 6.30. The van der Waals surface area contributed by atoms with Crippen LogP contribution in [-0.4, -0.2) is 5.78 Å². The highest BCUT2D eigenvalue weighted by Crippen LogP contribution is 2.20. The van der Waals surface area contributed by atoms with E-state index < -0.39 is 0 Å². The molecule has 3 aromatic carbocycles. The summed E-state index contributed by atoms with van der Waals surface area (Å²) >= 11 is 5.83. The molecule has 0 aliphatic rings. The standard InChI is InChI=1S/C19H13ClO/c20-17-11-8-16(9-12-17)19(21)13-10-15-6-3-5-14-4-1-2-7-18(14)15/h1-13H. The SMILES string of the molecule is O=C(C=Cc1cccc2ccccc12)c1ccc(Cl)cc1. The summed E-state index contributed by atoms with van der Waals surface area (Å²) in [6.45, 7) is 0. The Morgan fingerprint density at radius 2 is 1.57 bits per heavy atom. The van der Waals surface area contributed by atoms with E-state index in [0.717, 1.165) is 10.9 Å². The van der Waals surface area contributed by atoms with Crippen molar-refractivity contribution in [2.75, 3.05) is 0 Å². The number of hydrogen-bond donors (Lipinski definition) is 0. The Hall–Kier alpha value is -2.38. The first kappa shape index (κ1) is 13.6. The summed E-state index contributed by atoms with van der Waals surface area (Å²) in [6, 6.07) is 21.1. The van der Waals surface area contributed by atoms with Gasteiger partial charge in [0, 0.05) is 10.6 Å². The van der Waals surface area contributed by atoms with Crippen molar-refractivity contribution in [2.45, 2.75) is 0 Å². The highest BCUT2D eigenvalue weighted by Gasteiger charge is 2.02. The van der Waals surface area contributed by atoms with Crippen molar-refractivity contribution in [3.8, 4) is 0 Å². The maximum absolute atomic E-state index is 12.1. The molecule has 0 saturated heterocycles. The molecule has 0 bridgehead atoms. The van der Waals surface area contributed by atoms with Crippen molar-refractivity contribution < 1.29 is 4.79 Å². The summed E-state index contributed by atoms with van der Waals surface area (Å²) in [4.78, 5) is 12.1. The van der Waals surface area contributed by atoms with Gasteiger partial charge in [-0.2, -0.15) is 0 Å². The van der Waals surface area contributed by atoms with E-state index in [-0.39, 0.29) is 5.78 Å². The molecule has 0 spiro atoms. The molecule has 0 aliphatic carbocycles. The number of benzene rings is 3. The second-order valence-electron chi connectivity index (χ2n) is 4.77. The Bertz CT molecular complexity index is 811. The maximum atomic E-state index is 12.1. The van der Waals surface area contributed by atoms with Gasteiger partial charge in [0.15, 0.2) is 5.78 Å². The van der Waals surface area contributed by atoms with Crippen molar-refractivity contribution in [1.29, 1.82) is 0 Å². The normalized spacial score (nSPS) is 11.1.